The van der Waals surface area contributed by atoms with E-state index in [1.807, 2.05) is 0 Å². The molecular weight excluding hydrogens is 717 g/mol. The monoisotopic (exact) mass is 752 g/mol. The van der Waals surface area contributed by atoms with Crippen LogP contribution in [-0.4, -0.2) is 4.57 Å². The Bertz CT molecular complexity index is 3500. The minimum absolute atomic E-state index is 0.898. The van der Waals surface area contributed by atoms with Crippen LogP contribution in [0.5, 0.6) is 0 Å². The van der Waals surface area contributed by atoms with Crippen LogP contribution in [0.2, 0.25) is 0 Å². The normalized spacial score (nSPS) is 11.7. The lowest BCUT2D eigenvalue weighted by Crippen LogP contribution is -2.10. The first kappa shape index (κ1) is 33.3. The Hall–Kier alpha value is -7.88. The van der Waals surface area contributed by atoms with Crippen LogP contribution in [0.1, 0.15) is 0 Å². The topological polar surface area (TPSA) is 21.3 Å². The van der Waals surface area contributed by atoms with E-state index in [-0.39, 0.29) is 0 Å². The van der Waals surface area contributed by atoms with Crippen LogP contribution in [0.4, 0.5) is 17.1 Å². The molecule has 0 bridgehead atoms. The molecule has 0 saturated heterocycles. The van der Waals surface area contributed by atoms with Crippen LogP contribution in [0.3, 0.4) is 0 Å². The summed E-state index contributed by atoms with van der Waals surface area (Å²) in [6, 6.07) is 78.7. The van der Waals surface area contributed by atoms with Crippen molar-refractivity contribution in [2.24, 2.45) is 0 Å². The number of benzene rings is 10. The largest absolute Gasteiger partial charge is 0.455 e. The Morgan fingerprint density at radius 2 is 0.881 bits per heavy atom. The van der Waals surface area contributed by atoms with Crippen LogP contribution >= 0.6 is 0 Å². The Morgan fingerprint density at radius 1 is 0.356 bits per heavy atom. The van der Waals surface area contributed by atoms with Crippen LogP contribution in [0.25, 0.3) is 93.2 Å². The molecule has 0 spiro atoms. The molecule has 0 saturated carbocycles. The molecule has 10 aromatic carbocycles. The number of anilines is 3. The minimum atomic E-state index is 0.898. The van der Waals surface area contributed by atoms with Gasteiger partial charge in [0, 0.05) is 49.3 Å². The van der Waals surface area contributed by atoms with Gasteiger partial charge in [-0.3, -0.25) is 0 Å². The predicted octanol–water partition coefficient (Wildman–Crippen LogP) is 15.8. The van der Waals surface area contributed by atoms with Gasteiger partial charge in [0.1, 0.15) is 11.2 Å². The van der Waals surface area contributed by atoms with Crippen molar-refractivity contribution in [1.82, 2.24) is 4.57 Å². The third-order valence-corrected chi connectivity index (χ3v) is 12.0. The van der Waals surface area contributed by atoms with E-state index < -0.39 is 0 Å². The molecule has 59 heavy (non-hydrogen) atoms. The molecule has 3 heteroatoms. The maximum Gasteiger partial charge on any atom is 0.143 e. The lowest BCUT2D eigenvalue weighted by atomic mass is 9.97. The summed E-state index contributed by atoms with van der Waals surface area (Å²) in [5.41, 5.74) is 13.3. The second-order valence-corrected chi connectivity index (χ2v) is 15.3. The molecule has 0 fully saturated rings. The van der Waals surface area contributed by atoms with E-state index >= 15 is 0 Å². The van der Waals surface area contributed by atoms with Gasteiger partial charge in [-0.25, -0.2) is 0 Å². The Labute approximate surface area is 341 Å². The first-order valence-corrected chi connectivity index (χ1v) is 20.2. The smallest absolute Gasteiger partial charge is 0.143 e. The van der Waals surface area contributed by atoms with Gasteiger partial charge >= 0.3 is 0 Å². The molecule has 0 radical (unpaired) electrons. The summed E-state index contributed by atoms with van der Waals surface area (Å²) in [4.78, 5) is 2.38. The maximum absolute atomic E-state index is 6.54. The van der Waals surface area contributed by atoms with Crippen molar-refractivity contribution in [3.63, 3.8) is 0 Å². The number of hydrogen-bond donors (Lipinski definition) is 0. The van der Waals surface area contributed by atoms with Crippen LogP contribution in [0, 0.1) is 0 Å². The fourth-order valence-electron chi connectivity index (χ4n) is 9.30. The molecule has 0 N–H and O–H groups in total. The highest BCUT2D eigenvalue weighted by Crippen LogP contribution is 2.43. The fraction of sp³-hybridized carbons (Fsp3) is 0. The zero-order valence-corrected chi connectivity index (χ0v) is 32.1. The maximum atomic E-state index is 6.54. The molecular formula is C56H36N2O. The second-order valence-electron chi connectivity index (χ2n) is 15.3. The summed E-state index contributed by atoms with van der Waals surface area (Å²) in [5, 5.41) is 9.51. The standard InChI is InChI=1S/C56H36N2O/c1-3-16-43-37(13-1)15-11-25-50(43)57(42-34-29-40(30-35-42)45-21-12-26-54-55(45)49-36-31-38-14-2-4-18-46(38)56(49)59-54)41-32-27-39(28-33-41)44-17-5-8-22-51(44)58-52-23-9-6-19-47(52)48-20-7-10-24-53(48)58/h1-36H. The molecule has 0 amide bonds. The molecule has 3 nitrogen and oxygen atoms in total. The van der Waals surface area contributed by atoms with Gasteiger partial charge in [-0.2, -0.15) is 0 Å². The van der Waals surface area contributed by atoms with Crippen molar-refractivity contribution in [2.75, 3.05) is 4.90 Å². The van der Waals surface area contributed by atoms with Gasteiger partial charge in [-0.1, -0.05) is 158 Å². The van der Waals surface area contributed by atoms with E-state index in [9.17, 15) is 0 Å². The van der Waals surface area contributed by atoms with E-state index in [1.54, 1.807) is 0 Å². The van der Waals surface area contributed by atoms with E-state index in [0.717, 1.165) is 66.8 Å². The number of aromatic nitrogens is 1. The summed E-state index contributed by atoms with van der Waals surface area (Å²) in [6.45, 7) is 0. The molecule has 2 heterocycles. The Morgan fingerprint density at radius 3 is 1.59 bits per heavy atom. The quantitative estimate of drug-likeness (QED) is 0.169. The molecule has 2 aromatic heterocycles. The Balaban J connectivity index is 0.979. The van der Waals surface area contributed by atoms with Gasteiger partial charge in [0.15, 0.2) is 0 Å². The van der Waals surface area contributed by atoms with Gasteiger partial charge in [-0.15, -0.1) is 0 Å². The Kier molecular flexibility index (Phi) is 7.54. The van der Waals surface area contributed by atoms with Crippen molar-refractivity contribution in [3.05, 3.63) is 218 Å². The van der Waals surface area contributed by atoms with Crippen molar-refractivity contribution >= 4 is 82.4 Å². The highest BCUT2D eigenvalue weighted by Gasteiger charge is 2.19. The van der Waals surface area contributed by atoms with Gasteiger partial charge in [0.05, 0.1) is 22.4 Å². The highest BCUT2D eigenvalue weighted by atomic mass is 16.3. The zero-order valence-electron chi connectivity index (χ0n) is 32.1. The number of para-hydroxylation sites is 3. The summed E-state index contributed by atoms with van der Waals surface area (Å²) in [5.74, 6) is 0. The highest BCUT2D eigenvalue weighted by molar-refractivity contribution is 6.19. The van der Waals surface area contributed by atoms with Gasteiger partial charge in [0.2, 0.25) is 0 Å². The van der Waals surface area contributed by atoms with Gasteiger partial charge < -0.3 is 13.9 Å². The number of furan rings is 1. The lowest BCUT2D eigenvalue weighted by Gasteiger charge is -2.27. The molecule has 0 unspecified atom stereocenters. The lowest BCUT2D eigenvalue weighted by molar-refractivity contribution is 0.673. The van der Waals surface area contributed by atoms with Crippen LogP contribution in [-0.2, 0) is 0 Å². The van der Waals surface area contributed by atoms with Crippen molar-refractivity contribution in [1.29, 1.82) is 0 Å². The third kappa shape index (κ3) is 5.29. The summed E-state index contributed by atoms with van der Waals surface area (Å²) < 4.78 is 8.95. The van der Waals surface area contributed by atoms with Crippen molar-refractivity contribution in [3.8, 4) is 27.9 Å². The average Bonchev–Trinajstić information content (AvgIpc) is 3.86. The minimum Gasteiger partial charge on any atom is -0.455 e. The number of nitrogens with zero attached hydrogens (tertiary/aromatic N) is 2. The van der Waals surface area contributed by atoms with Crippen molar-refractivity contribution in [2.45, 2.75) is 0 Å². The first-order valence-electron chi connectivity index (χ1n) is 20.2. The first-order chi connectivity index (χ1) is 29.3. The molecule has 0 aliphatic rings. The molecule has 276 valence electrons. The number of fused-ring (bicyclic) bond motifs is 9. The molecule has 12 aromatic rings. The number of hydrogen-bond acceptors (Lipinski definition) is 2. The van der Waals surface area contributed by atoms with Crippen molar-refractivity contribution < 1.29 is 4.42 Å². The van der Waals surface area contributed by atoms with E-state index in [1.165, 1.54) is 43.5 Å². The van der Waals surface area contributed by atoms with E-state index in [2.05, 4.69) is 228 Å². The summed E-state index contributed by atoms with van der Waals surface area (Å²) in [7, 11) is 0. The molecule has 0 atom stereocenters. The zero-order chi connectivity index (χ0) is 38.9. The summed E-state index contributed by atoms with van der Waals surface area (Å²) in [6.07, 6.45) is 0. The van der Waals surface area contributed by atoms with Gasteiger partial charge in [0.25, 0.3) is 0 Å². The molecule has 0 aliphatic heterocycles. The van der Waals surface area contributed by atoms with E-state index in [0.29, 0.717) is 0 Å². The number of rotatable bonds is 6. The second kappa shape index (κ2) is 13.4. The van der Waals surface area contributed by atoms with Gasteiger partial charge in [-0.05, 0) is 88.1 Å². The van der Waals surface area contributed by atoms with E-state index in [4.69, 9.17) is 4.42 Å². The van der Waals surface area contributed by atoms with Crippen LogP contribution < -0.4 is 4.90 Å². The summed E-state index contributed by atoms with van der Waals surface area (Å²) >= 11 is 0. The SMILES string of the molecule is c1ccc(-n2c3ccccc3c3ccccc32)c(-c2ccc(N(c3ccc(-c4cccc5oc6c7ccccc7ccc6c45)cc3)c3cccc4ccccc34)cc2)c1. The van der Waals surface area contributed by atoms with Crippen LogP contribution in [0.15, 0.2) is 223 Å². The predicted molar refractivity (Wildman–Crippen MR) is 249 cm³/mol. The average molecular weight is 753 g/mol. The fourth-order valence-corrected chi connectivity index (χ4v) is 9.30. The third-order valence-electron chi connectivity index (χ3n) is 12.0. The molecule has 0 aliphatic carbocycles. The molecule has 12 rings (SSSR count).